The lowest BCUT2D eigenvalue weighted by molar-refractivity contribution is 0.0981. The molecule has 0 saturated carbocycles. The summed E-state index contributed by atoms with van der Waals surface area (Å²) in [4.78, 5) is 72.2. The first-order valence-electron chi connectivity index (χ1n) is 18.7. The van der Waals surface area contributed by atoms with Crippen LogP contribution in [0.3, 0.4) is 0 Å². The molecule has 3 aliphatic rings. The Labute approximate surface area is 324 Å². The van der Waals surface area contributed by atoms with E-state index in [9.17, 15) is 28.8 Å². The van der Waals surface area contributed by atoms with Crippen LogP contribution < -0.4 is 0 Å². The number of carbonyl (C=O) groups is 6. The summed E-state index contributed by atoms with van der Waals surface area (Å²) in [5.74, 6) is 17.5. The highest BCUT2D eigenvalue weighted by molar-refractivity contribution is 6.26. The molecule has 6 nitrogen and oxygen atoms in total. The third kappa shape index (κ3) is 11.3. The van der Waals surface area contributed by atoms with Crippen LogP contribution in [0.4, 0.5) is 0 Å². The Morgan fingerprint density at radius 2 is 0.727 bits per heavy atom. The second-order valence-electron chi connectivity index (χ2n) is 12.8. The molecule has 0 spiro atoms. The van der Waals surface area contributed by atoms with Crippen molar-refractivity contribution in [3.63, 3.8) is 0 Å². The van der Waals surface area contributed by atoms with Gasteiger partial charge < -0.3 is 0 Å². The van der Waals surface area contributed by atoms with E-state index in [1.54, 1.807) is 79.7 Å². The summed E-state index contributed by atoms with van der Waals surface area (Å²) < 4.78 is 0. The normalized spacial score (nSPS) is 13.5. The van der Waals surface area contributed by atoms with E-state index in [0.29, 0.717) is 75.8 Å². The number of Topliss-reactive ketones (excluding diaryl/α,β-unsaturated/α-hetero) is 3. The monoisotopic (exact) mass is 728 g/mol. The molecule has 3 aliphatic carbocycles. The Morgan fingerprint density at radius 3 is 1.09 bits per heavy atom. The van der Waals surface area contributed by atoms with Crippen LogP contribution in [0.15, 0.2) is 108 Å². The van der Waals surface area contributed by atoms with E-state index < -0.39 is 0 Å². The van der Waals surface area contributed by atoms with Gasteiger partial charge in [0.1, 0.15) is 0 Å². The van der Waals surface area contributed by atoms with Gasteiger partial charge in [-0.15, -0.1) is 35.5 Å². The van der Waals surface area contributed by atoms with E-state index in [-0.39, 0.29) is 34.7 Å². The van der Waals surface area contributed by atoms with Crippen LogP contribution in [-0.4, -0.2) is 34.7 Å². The summed E-state index contributed by atoms with van der Waals surface area (Å²) in [6, 6.07) is 20.9. The minimum atomic E-state index is -0.0800. The van der Waals surface area contributed by atoms with Crippen LogP contribution in [0, 0.1) is 35.5 Å². The second kappa shape index (κ2) is 21.3. The predicted octanol–water partition coefficient (Wildman–Crippen LogP) is 9.95. The molecule has 0 saturated heterocycles. The molecular weight excluding hydrogens is 685 g/mol. The van der Waals surface area contributed by atoms with Gasteiger partial charge in [-0.1, -0.05) is 86.6 Å². The van der Waals surface area contributed by atoms with Crippen molar-refractivity contribution in [2.45, 2.75) is 85.0 Å². The molecule has 276 valence electrons. The first-order chi connectivity index (χ1) is 26.7. The first-order valence-corrected chi connectivity index (χ1v) is 18.7. The van der Waals surface area contributed by atoms with E-state index >= 15 is 0 Å². The van der Waals surface area contributed by atoms with Crippen molar-refractivity contribution in [3.8, 4) is 35.5 Å². The van der Waals surface area contributed by atoms with E-state index in [4.69, 9.17) is 0 Å². The Kier molecular flexibility index (Phi) is 16.0. The molecule has 0 atom stereocenters. The largest absolute Gasteiger partial charge is 0.289 e. The van der Waals surface area contributed by atoms with E-state index in [2.05, 4.69) is 35.5 Å². The average Bonchev–Trinajstić information content (AvgIpc) is 3.21. The minimum Gasteiger partial charge on any atom is -0.289 e. The maximum Gasteiger partial charge on any atom is 0.189 e. The zero-order chi connectivity index (χ0) is 39.6. The number of unbranched alkanes of at least 4 members (excludes halogenated alkanes) is 2. The van der Waals surface area contributed by atoms with Gasteiger partial charge in [-0.25, -0.2) is 0 Å². The first kappa shape index (κ1) is 41.3. The molecule has 0 heterocycles. The number of ketones is 6. The quantitative estimate of drug-likeness (QED) is 0.169. The smallest absolute Gasteiger partial charge is 0.189 e. The van der Waals surface area contributed by atoms with Gasteiger partial charge in [0.15, 0.2) is 34.7 Å². The van der Waals surface area contributed by atoms with Gasteiger partial charge in [0.25, 0.3) is 0 Å². The number of hydrogen-bond donors (Lipinski definition) is 0. The molecule has 0 bridgehead atoms. The summed E-state index contributed by atoms with van der Waals surface area (Å²) in [5, 5.41) is 0. The SMILES string of the molecule is CC#CCCCC1=CC(=O)c2ccccc2C1=O.CCC#CCCC1=CC(=O)c2ccccc2C1=O.CCC#CCCCC1=CC(=O)c2ccccc2C1=O. The van der Waals surface area contributed by atoms with Gasteiger partial charge in [-0.3, -0.25) is 28.8 Å². The predicted molar refractivity (Wildman–Crippen MR) is 216 cm³/mol. The Hall–Kier alpha value is -6.42. The van der Waals surface area contributed by atoms with Crippen LogP contribution in [0.5, 0.6) is 0 Å². The van der Waals surface area contributed by atoms with Crippen molar-refractivity contribution in [1.29, 1.82) is 0 Å². The van der Waals surface area contributed by atoms with Gasteiger partial charge in [0.2, 0.25) is 0 Å². The number of rotatable bonds is 8. The molecule has 0 aromatic heterocycles. The fraction of sp³-hybridized carbons (Fsp3) is 0.265. The lowest BCUT2D eigenvalue weighted by Crippen LogP contribution is -2.16. The third-order valence-corrected chi connectivity index (χ3v) is 8.90. The van der Waals surface area contributed by atoms with Crippen molar-refractivity contribution in [2.24, 2.45) is 0 Å². The number of benzene rings is 3. The highest BCUT2D eigenvalue weighted by Crippen LogP contribution is 2.26. The standard InChI is InChI=1S/C17H16O2.2C16H14O2/c1-2-3-4-5-6-9-13-12-16(18)14-10-7-8-11-15(14)17(13)19;2*1-2-3-4-5-8-12-11-15(17)13-9-6-7-10-14(13)16(12)18/h7-8,10-12H,2,5-6,9H2,1H3;6-7,9-11H,4-5,8H2,1H3;6-7,9-11H,2,5,8H2,1H3. The molecule has 0 radical (unpaired) electrons. The van der Waals surface area contributed by atoms with Crippen LogP contribution in [0.1, 0.15) is 147 Å². The van der Waals surface area contributed by atoms with Crippen LogP contribution in [-0.2, 0) is 0 Å². The van der Waals surface area contributed by atoms with Crippen molar-refractivity contribution < 1.29 is 28.8 Å². The van der Waals surface area contributed by atoms with E-state index in [1.165, 1.54) is 18.2 Å². The molecule has 3 aromatic carbocycles. The highest BCUT2D eigenvalue weighted by atomic mass is 16.2. The Balaban J connectivity index is 0.000000184. The average molecular weight is 729 g/mol. The summed E-state index contributed by atoms with van der Waals surface area (Å²) in [5.41, 5.74) is 4.91. The fourth-order valence-corrected chi connectivity index (χ4v) is 6.15. The van der Waals surface area contributed by atoms with Gasteiger partial charge in [0.05, 0.1) is 0 Å². The van der Waals surface area contributed by atoms with E-state index in [1.807, 2.05) is 13.8 Å². The topological polar surface area (TPSA) is 102 Å². The molecule has 3 aromatic rings. The van der Waals surface area contributed by atoms with Crippen molar-refractivity contribution in [3.05, 3.63) is 141 Å². The van der Waals surface area contributed by atoms with Crippen LogP contribution in [0.25, 0.3) is 0 Å². The lowest BCUT2D eigenvalue weighted by Gasteiger charge is -2.14. The maximum absolute atomic E-state index is 12.2. The number of fused-ring (bicyclic) bond motifs is 3. The van der Waals surface area contributed by atoms with Gasteiger partial charge >= 0.3 is 0 Å². The summed E-state index contributed by atoms with van der Waals surface area (Å²) in [6.07, 6.45) is 11.7. The zero-order valence-corrected chi connectivity index (χ0v) is 31.7. The van der Waals surface area contributed by atoms with Crippen molar-refractivity contribution in [2.75, 3.05) is 0 Å². The maximum atomic E-state index is 12.2. The molecule has 0 N–H and O–H groups in total. The van der Waals surface area contributed by atoms with Crippen LogP contribution >= 0.6 is 0 Å². The zero-order valence-electron chi connectivity index (χ0n) is 31.7. The van der Waals surface area contributed by atoms with Gasteiger partial charge in [-0.05, 0) is 57.3 Å². The highest BCUT2D eigenvalue weighted by Gasteiger charge is 2.26. The molecule has 0 aliphatic heterocycles. The van der Waals surface area contributed by atoms with Gasteiger partial charge in [0, 0.05) is 82.2 Å². The molecule has 6 rings (SSSR count). The summed E-state index contributed by atoms with van der Waals surface area (Å²) in [6.45, 7) is 5.79. The second-order valence-corrected chi connectivity index (χ2v) is 12.8. The summed E-state index contributed by atoms with van der Waals surface area (Å²) >= 11 is 0. The molecule has 0 amide bonds. The molecule has 0 fully saturated rings. The molecular formula is C49H44O6. The third-order valence-electron chi connectivity index (χ3n) is 8.90. The summed E-state index contributed by atoms with van der Waals surface area (Å²) in [7, 11) is 0. The minimum absolute atomic E-state index is 0.0151. The Morgan fingerprint density at radius 1 is 0.400 bits per heavy atom. The molecule has 0 unspecified atom stereocenters. The number of hydrogen-bond acceptors (Lipinski definition) is 6. The molecule has 6 heteroatoms. The number of allylic oxidation sites excluding steroid dienone is 6. The van der Waals surface area contributed by atoms with Gasteiger partial charge in [-0.2, -0.15) is 0 Å². The van der Waals surface area contributed by atoms with Crippen molar-refractivity contribution >= 4 is 34.7 Å². The lowest BCUT2D eigenvalue weighted by atomic mass is 9.87. The molecule has 55 heavy (non-hydrogen) atoms. The van der Waals surface area contributed by atoms with Crippen LogP contribution in [0.2, 0.25) is 0 Å². The Bertz CT molecular complexity index is 2280. The fourth-order valence-electron chi connectivity index (χ4n) is 6.15. The number of carbonyl (C=O) groups excluding carboxylic acids is 6. The van der Waals surface area contributed by atoms with Crippen molar-refractivity contribution in [1.82, 2.24) is 0 Å². The van der Waals surface area contributed by atoms with E-state index in [0.717, 1.165) is 38.5 Å².